The van der Waals surface area contributed by atoms with Crippen LogP contribution < -0.4 is 4.90 Å². The maximum Gasteiger partial charge on any atom is 0.138 e. The van der Waals surface area contributed by atoms with E-state index in [1.807, 2.05) is 6.07 Å². The highest BCUT2D eigenvalue weighted by molar-refractivity contribution is 6.29. The molecule has 0 amide bonds. The molecule has 0 bridgehead atoms. The molecule has 1 aliphatic rings. The standard InChI is InChI=1S/C16H18ClN3/c1-3-20(13-8-4-11(2)5-9-13)15-10-14(17)18-16(19-15)12-6-7-12/h4-5,8-10,12H,3,6-7H2,1-2H3. The molecule has 1 aromatic carbocycles. The first kappa shape index (κ1) is 13.4. The van der Waals surface area contributed by atoms with Gasteiger partial charge in [0.1, 0.15) is 16.8 Å². The van der Waals surface area contributed by atoms with E-state index in [1.54, 1.807) is 0 Å². The lowest BCUT2D eigenvalue weighted by Crippen LogP contribution is -2.18. The molecule has 104 valence electrons. The first-order valence-corrected chi connectivity index (χ1v) is 7.44. The fourth-order valence-corrected chi connectivity index (χ4v) is 2.47. The molecule has 0 spiro atoms. The lowest BCUT2D eigenvalue weighted by Gasteiger charge is -2.22. The van der Waals surface area contributed by atoms with Gasteiger partial charge in [-0.25, -0.2) is 9.97 Å². The topological polar surface area (TPSA) is 29.0 Å². The lowest BCUT2D eigenvalue weighted by atomic mass is 10.2. The van der Waals surface area contributed by atoms with E-state index < -0.39 is 0 Å². The summed E-state index contributed by atoms with van der Waals surface area (Å²) in [6.07, 6.45) is 2.35. The largest absolute Gasteiger partial charge is 0.327 e. The summed E-state index contributed by atoms with van der Waals surface area (Å²) >= 11 is 6.16. The third kappa shape index (κ3) is 2.78. The predicted octanol–water partition coefficient (Wildman–Crippen LogP) is 4.47. The molecule has 3 rings (SSSR count). The second-order valence-corrected chi connectivity index (χ2v) is 5.65. The summed E-state index contributed by atoms with van der Waals surface area (Å²) < 4.78 is 0. The van der Waals surface area contributed by atoms with Gasteiger partial charge >= 0.3 is 0 Å². The Morgan fingerprint density at radius 1 is 1.20 bits per heavy atom. The van der Waals surface area contributed by atoms with E-state index in [0.29, 0.717) is 11.1 Å². The van der Waals surface area contributed by atoms with Crippen LogP contribution in [-0.2, 0) is 0 Å². The van der Waals surface area contributed by atoms with Gasteiger partial charge in [-0.05, 0) is 38.8 Å². The van der Waals surface area contributed by atoms with E-state index in [4.69, 9.17) is 16.6 Å². The molecule has 20 heavy (non-hydrogen) atoms. The van der Waals surface area contributed by atoms with Crippen LogP contribution in [0.5, 0.6) is 0 Å². The number of hydrogen-bond acceptors (Lipinski definition) is 3. The fourth-order valence-electron chi connectivity index (χ4n) is 2.29. The summed E-state index contributed by atoms with van der Waals surface area (Å²) in [5.41, 5.74) is 2.39. The van der Waals surface area contributed by atoms with Crippen molar-refractivity contribution >= 4 is 23.1 Å². The zero-order valence-corrected chi connectivity index (χ0v) is 12.6. The minimum Gasteiger partial charge on any atom is -0.327 e. The quantitative estimate of drug-likeness (QED) is 0.777. The predicted molar refractivity (Wildman–Crippen MR) is 82.9 cm³/mol. The maximum atomic E-state index is 6.16. The Morgan fingerprint density at radius 3 is 2.50 bits per heavy atom. The SMILES string of the molecule is CCN(c1ccc(C)cc1)c1cc(Cl)nc(C2CC2)n1. The molecule has 0 saturated heterocycles. The van der Waals surface area contributed by atoms with Crippen molar-refractivity contribution in [2.45, 2.75) is 32.6 Å². The molecule has 0 radical (unpaired) electrons. The zero-order chi connectivity index (χ0) is 14.1. The van der Waals surface area contributed by atoms with Gasteiger partial charge in [-0.2, -0.15) is 0 Å². The smallest absolute Gasteiger partial charge is 0.138 e. The summed E-state index contributed by atoms with van der Waals surface area (Å²) in [6, 6.07) is 10.3. The molecular weight excluding hydrogens is 270 g/mol. The molecule has 0 unspecified atom stereocenters. The van der Waals surface area contributed by atoms with Crippen molar-refractivity contribution in [3.05, 3.63) is 46.9 Å². The van der Waals surface area contributed by atoms with Gasteiger partial charge < -0.3 is 4.90 Å². The average molecular weight is 288 g/mol. The van der Waals surface area contributed by atoms with Crippen LogP contribution in [0.15, 0.2) is 30.3 Å². The second kappa shape index (κ2) is 5.41. The van der Waals surface area contributed by atoms with E-state index in [0.717, 1.165) is 23.9 Å². The molecule has 1 fully saturated rings. The normalized spacial score (nSPS) is 14.3. The number of benzene rings is 1. The summed E-state index contributed by atoms with van der Waals surface area (Å²) in [5.74, 6) is 2.28. The van der Waals surface area contributed by atoms with Crippen LogP contribution in [0.1, 0.15) is 37.1 Å². The van der Waals surface area contributed by atoms with Gasteiger partial charge in [0, 0.05) is 24.2 Å². The van der Waals surface area contributed by atoms with Gasteiger partial charge in [0.15, 0.2) is 0 Å². The monoisotopic (exact) mass is 287 g/mol. The number of rotatable bonds is 4. The van der Waals surface area contributed by atoms with Crippen molar-refractivity contribution in [1.82, 2.24) is 9.97 Å². The van der Waals surface area contributed by atoms with Crippen molar-refractivity contribution in [3.8, 4) is 0 Å². The zero-order valence-electron chi connectivity index (χ0n) is 11.8. The fraction of sp³-hybridized carbons (Fsp3) is 0.375. The van der Waals surface area contributed by atoms with Crippen LogP contribution in [0.3, 0.4) is 0 Å². The third-order valence-corrected chi connectivity index (χ3v) is 3.77. The Balaban J connectivity index is 1.98. The van der Waals surface area contributed by atoms with Crippen LogP contribution >= 0.6 is 11.6 Å². The van der Waals surface area contributed by atoms with E-state index in [9.17, 15) is 0 Å². The average Bonchev–Trinajstić information content (AvgIpc) is 3.25. The summed E-state index contributed by atoms with van der Waals surface area (Å²) in [4.78, 5) is 11.2. The second-order valence-electron chi connectivity index (χ2n) is 5.26. The third-order valence-electron chi connectivity index (χ3n) is 3.58. The molecule has 0 atom stereocenters. The van der Waals surface area contributed by atoms with Gasteiger partial charge in [-0.3, -0.25) is 0 Å². The van der Waals surface area contributed by atoms with Gasteiger partial charge in [0.05, 0.1) is 0 Å². The van der Waals surface area contributed by atoms with Crippen LogP contribution in [0.2, 0.25) is 5.15 Å². The minimum absolute atomic E-state index is 0.504. The Hall–Kier alpha value is -1.61. The summed E-state index contributed by atoms with van der Waals surface area (Å²) in [5, 5.41) is 0.530. The van der Waals surface area contributed by atoms with Crippen molar-refractivity contribution < 1.29 is 0 Å². The Morgan fingerprint density at radius 2 is 1.90 bits per heavy atom. The number of aromatic nitrogens is 2. The molecule has 4 heteroatoms. The van der Waals surface area contributed by atoms with Crippen molar-refractivity contribution in [2.75, 3.05) is 11.4 Å². The van der Waals surface area contributed by atoms with E-state index in [2.05, 4.69) is 48.0 Å². The van der Waals surface area contributed by atoms with Crippen molar-refractivity contribution in [3.63, 3.8) is 0 Å². The van der Waals surface area contributed by atoms with Gasteiger partial charge in [0.25, 0.3) is 0 Å². The van der Waals surface area contributed by atoms with E-state index >= 15 is 0 Å². The molecule has 1 heterocycles. The molecule has 0 aliphatic heterocycles. The van der Waals surface area contributed by atoms with E-state index in [-0.39, 0.29) is 0 Å². The molecular formula is C16H18ClN3. The maximum absolute atomic E-state index is 6.16. The Kier molecular flexibility index (Phi) is 3.62. The summed E-state index contributed by atoms with van der Waals surface area (Å²) in [6.45, 7) is 5.06. The first-order chi connectivity index (χ1) is 9.67. The van der Waals surface area contributed by atoms with Crippen LogP contribution in [0.25, 0.3) is 0 Å². The number of nitrogens with zero attached hydrogens (tertiary/aromatic N) is 3. The molecule has 3 nitrogen and oxygen atoms in total. The Labute approximate surface area is 124 Å². The van der Waals surface area contributed by atoms with Crippen LogP contribution in [0.4, 0.5) is 11.5 Å². The van der Waals surface area contributed by atoms with Gasteiger partial charge in [-0.1, -0.05) is 29.3 Å². The highest BCUT2D eigenvalue weighted by atomic mass is 35.5. The number of halogens is 1. The molecule has 1 aliphatic carbocycles. The Bertz CT molecular complexity index is 606. The van der Waals surface area contributed by atoms with Gasteiger partial charge in [0.2, 0.25) is 0 Å². The number of hydrogen-bond donors (Lipinski definition) is 0. The molecule has 1 aromatic heterocycles. The number of aryl methyl sites for hydroxylation is 1. The molecule has 2 aromatic rings. The van der Waals surface area contributed by atoms with Crippen LogP contribution in [-0.4, -0.2) is 16.5 Å². The lowest BCUT2D eigenvalue weighted by molar-refractivity contribution is 0.894. The molecule has 1 saturated carbocycles. The van der Waals surface area contributed by atoms with Crippen LogP contribution in [0, 0.1) is 6.92 Å². The molecule has 0 N–H and O–H groups in total. The van der Waals surface area contributed by atoms with Gasteiger partial charge in [-0.15, -0.1) is 0 Å². The van der Waals surface area contributed by atoms with E-state index in [1.165, 1.54) is 18.4 Å². The number of anilines is 2. The summed E-state index contributed by atoms with van der Waals surface area (Å²) in [7, 11) is 0. The van der Waals surface area contributed by atoms with Crippen molar-refractivity contribution in [2.24, 2.45) is 0 Å². The first-order valence-electron chi connectivity index (χ1n) is 7.06. The minimum atomic E-state index is 0.504. The highest BCUT2D eigenvalue weighted by Crippen LogP contribution is 2.39. The van der Waals surface area contributed by atoms with Crippen molar-refractivity contribution in [1.29, 1.82) is 0 Å². The highest BCUT2D eigenvalue weighted by Gasteiger charge is 2.27.